The first-order chi connectivity index (χ1) is 21.5. The van der Waals surface area contributed by atoms with Crippen molar-refractivity contribution in [2.75, 3.05) is 27.0 Å². The Balaban J connectivity index is 1.26. The van der Waals surface area contributed by atoms with Crippen LogP contribution in [0, 0.1) is 0 Å². The van der Waals surface area contributed by atoms with E-state index in [4.69, 9.17) is 23.7 Å². The standard InChI is InChI=1S/C35H41NO9/c1-33(2,44-21-23-9-5-4-6-10-23)12-7-14-35(40,20-29(37)38)32(39)45-31-28(41-3)19-34-13-8-15-36(34)16-11-24-17-26-27(43-22-42-26)18-25(24)30(31)34/h4-7,9-10,12,17-19,30-31,40H,8,11,13-16,20-22H2,1-3H3,(H,37,38)/b12-7+/t30-,31-,34+,35-/m1/s1. The smallest absolute Gasteiger partial charge is 0.339 e. The Morgan fingerprint density at radius 2 is 1.89 bits per heavy atom. The number of benzene rings is 2. The number of carbonyl (C=O) groups excluding carboxylic acids is 1. The Morgan fingerprint density at radius 3 is 2.62 bits per heavy atom. The average molecular weight is 620 g/mol. The lowest BCUT2D eigenvalue weighted by Crippen LogP contribution is -2.49. The zero-order chi connectivity index (χ0) is 31.8. The van der Waals surface area contributed by atoms with Crippen molar-refractivity contribution in [2.45, 2.75) is 81.3 Å². The van der Waals surface area contributed by atoms with E-state index in [2.05, 4.69) is 11.0 Å². The van der Waals surface area contributed by atoms with Gasteiger partial charge in [0.15, 0.2) is 23.2 Å². The summed E-state index contributed by atoms with van der Waals surface area (Å²) in [4.78, 5) is 28.2. The Hall–Kier alpha value is -3.86. The number of carboxylic acid groups (broad SMARTS) is 1. The molecule has 0 unspecified atom stereocenters. The summed E-state index contributed by atoms with van der Waals surface area (Å²) >= 11 is 0. The predicted octanol–water partition coefficient (Wildman–Crippen LogP) is 4.49. The summed E-state index contributed by atoms with van der Waals surface area (Å²) in [7, 11) is 1.54. The first-order valence-corrected chi connectivity index (χ1v) is 15.5. The van der Waals surface area contributed by atoms with Crippen molar-refractivity contribution in [3.05, 3.63) is 83.1 Å². The molecule has 10 heteroatoms. The second-order valence-corrected chi connectivity index (χ2v) is 12.9. The van der Waals surface area contributed by atoms with E-state index in [-0.39, 0.29) is 19.1 Å². The monoisotopic (exact) mass is 619 g/mol. The third-order valence-electron chi connectivity index (χ3n) is 9.45. The van der Waals surface area contributed by atoms with E-state index in [1.165, 1.54) is 7.11 Å². The van der Waals surface area contributed by atoms with Gasteiger partial charge in [-0.2, -0.15) is 0 Å². The molecule has 10 nitrogen and oxygen atoms in total. The van der Waals surface area contributed by atoms with Gasteiger partial charge in [-0.25, -0.2) is 4.79 Å². The van der Waals surface area contributed by atoms with E-state index in [9.17, 15) is 19.8 Å². The Labute approximate surface area is 263 Å². The van der Waals surface area contributed by atoms with Crippen LogP contribution in [0.3, 0.4) is 0 Å². The number of carboxylic acids is 1. The molecule has 0 amide bonds. The molecule has 240 valence electrons. The van der Waals surface area contributed by atoms with E-state index in [0.717, 1.165) is 49.0 Å². The lowest BCUT2D eigenvalue weighted by Gasteiger charge is -2.39. The minimum absolute atomic E-state index is 0.143. The number of carbonyl (C=O) groups is 2. The normalized spacial score (nSPS) is 25.1. The third kappa shape index (κ3) is 6.06. The van der Waals surface area contributed by atoms with Crippen molar-refractivity contribution in [2.24, 2.45) is 0 Å². The van der Waals surface area contributed by atoms with Gasteiger partial charge in [0.05, 0.1) is 37.2 Å². The number of aliphatic carboxylic acids is 1. The fourth-order valence-corrected chi connectivity index (χ4v) is 7.23. The van der Waals surface area contributed by atoms with E-state index in [0.29, 0.717) is 23.9 Å². The maximum absolute atomic E-state index is 13.9. The highest BCUT2D eigenvalue weighted by Gasteiger charge is 2.59. The van der Waals surface area contributed by atoms with Crippen LogP contribution in [-0.4, -0.2) is 76.9 Å². The number of hydrogen-bond donors (Lipinski definition) is 2. The molecule has 1 fully saturated rings. The summed E-state index contributed by atoms with van der Waals surface area (Å²) in [5, 5.41) is 21.3. The first-order valence-electron chi connectivity index (χ1n) is 15.5. The minimum Gasteiger partial charge on any atom is -0.497 e. The van der Waals surface area contributed by atoms with Crippen LogP contribution in [-0.2, 0) is 36.8 Å². The highest BCUT2D eigenvalue weighted by molar-refractivity contribution is 5.85. The lowest BCUT2D eigenvalue weighted by molar-refractivity contribution is -0.176. The van der Waals surface area contributed by atoms with Crippen LogP contribution >= 0.6 is 0 Å². The van der Waals surface area contributed by atoms with Crippen LogP contribution in [0.2, 0.25) is 0 Å². The highest BCUT2D eigenvalue weighted by Crippen LogP contribution is 2.55. The molecule has 4 aliphatic rings. The van der Waals surface area contributed by atoms with E-state index in [1.54, 1.807) is 12.2 Å². The minimum atomic E-state index is -2.32. The zero-order valence-electron chi connectivity index (χ0n) is 26.0. The number of hydrogen-bond acceptors (Lipinski definition) is 9. The van der Waals surface area contributed by atoms with Crippen molar-refractivity contribution in [1.82, 2.24) is 4.90 Å². The number of aliphatic hydroxyl groups is 1. The summed E-state index contributed by atoms with van der Waals surface area (Å²) in [6.07, 6.45) is 5.99. The molecule has 0 bridgehead atoms. The van der Waals surface area contributed by atoms with Gasteiger partial charge in [-0.05, 0) is 74.6 Å². The summed E-state index contributed by atoms with van der Waals surface area (Å²) in [5.41, 5.74) is -0.457. The van der Waals surface area contributed by atoms with Crippen LogP contribution in [0.1, 0.15) is 62.1 Å². The van der Waals surface area contributed by atoms with Crippen molar-refractivity contribution in [1.29, 1.82) is 0 Å². The first kappa shape index (κ1) is 31.1. The van der Waals surface area contributed by atoms with Gasteiger partial charge in [-0.15, -0.1) is 0 Å². The summed E-state index contributed by atoms with van der Waals surface area (Å²) in [5.74, 6) is -0.873. The van der Waals surface area contributed by atoms with Crippen molar-refractivity contribution in [3.8, 4) is 11.5 Å². The Kier molecular flexibility index (Phi) is 8.41. The molecule has 45 heavy (non-hydrogen) atoms. The van der Waals surface area contributed by atoms with E-state index < -0.39 is 41.2 Å². The fraction of sp³-hybridized carbons (Fsp3) is 0.486. The van der Waals surface area contributed by atoms with Crippen LogP contribution in [0.5, 0.6) is 11.5 Å². The zero-order valence-corrected chi connectivity index (χ0v) is 26.0. The molecule has 2 N–H and O–H groups in total. The van der Waals surface area contributed by atoms with Crippen LogP contribution in [0.4, 0.5) is 0 Å². The maximum atomic E-state index is 13.9. The number of rotatable bonds is 11. The molecule has 3 heterocycles. The fourth-order valence-electron chi connectivity index (χ4n) is 7.23. The topological polar surface area (TPSA) is 124 Å². The molecular weight excluding hydrogens is 578 g/mol. The number of esters is 1. The van der Waals surface area contributed by atoms with E-state index in [1.807, 2.05) is 56.3 Å². The summed E-state index contributed by atoms with van der Waals surface area (Å²) < 4.78 is 29.4. The SMILES string of the molecule is COC1=C[C@]23CCCN2CCc2cc4c(cc2[C@@H]3[C@@H]1OC(=O)[C@@](O)(C/C=C/C(C)(C)OCc1ccccc1)CC(=O)O)OCO4. The molecular formula is C35H41NO9. The van der Waals surface area contributed by atoms with Crippen LogP contribution < -0.4 is 9.47 Å². The van der Waals surface area contributed by atoms with E-state index >= 15 is 0 Å². The number of methoxy groups -OCH3 is 1. The molecule has 3 aliphatic heterocycles. The number of fused-ring (bicyclic) bond motifs is 3. The molecule has 1 spiro atoms. The van der Waals surface area contributed by atoms with Gasteiger partial charge in [-0.1, -0.05) is 42.5 Å². The predicted molar refractivity (Wildman–Crippen MR) is 164 cm³/mol. The second kappa shape index (κ2) is 12.2. The Morgan fingerprint density at radius 1 is 1.13 bits per heavy atom. The average Bonchev–Trinajstić information content (AvgIpc) is 3.69. The summed E-state index contributed by atoms with van der Waals surface area (Å²) in [6.45, 7) is 5.93. The van der Waals surface area contributed by atoms with Gasteiger partial charge >= 0.3 is 11.9 Å². The molecule has 2 aromatic rings. The van der Waals surface area contributed by atoms with Crippen molar-refractivity contribution < 1.29 is 43.5 Å². The van der Waals surface area contributed by atoms with Crippen LogP contribution in [0.15, 0.2) is 66.5 Å². The number of nitrogens with zero attached hydrogens (tertiary/aromatic N) is 1. The second-order valence-electron chi connectivity index (χ2n) is 12.9. The van der Waals surface area contributed by atoms with Gasteiger partial charge in [0.25, 0.3) is 0 Å². The third-order valence-corrected chi connectivity index (χ3v) is 9.45. The van der Waals surface area contributed by atoms with Gasteiger partial charge < -0.3 is 33.9 Å². The van der Waals surface area contributed by atoms with Gasteiger partial charge in [0, 0.05) is 13.0 Å². The van der Waals surface area contributed by atoms with Gasteiger partial charge in [0.2, 0.25) is 6.79 Å². The van der Waals surface area contributed by atoms with Crippen molar-refractivity contribution >= 4 is 11.9 Å². The lowest BCUT2D eigenvalue weighted by atomic mass is 9.77. The molecule has 0 radical (unpaired) electrons. The van der Waals surface area contributed by atoms with Gasteiger partial charge in [-0.3, -0.25) is 9.69 Å². The molecule has 0 aromatic heterocycles. The number of ether oxygens (including phenoxy) is 5. The molecule has 4 atom stereocenters. The molecule has 1 aliphatic carbocycles. The molecule has 2 aromatic carbocycles. The van der Waals surface area contributed by atoms with Crippen LogP contribution in [0.25, 0.3) is 0 Å². The van der Waals surface area contributed by atoms with Gasteiger partial charge in [0.1, 0.15) is 5.76 Å². The molecule has 0 saturated carbocycles. The Bertz CT molecular complexity index is 1500. The highest BCUT2D eigenvalue weighted by atomic mass is 16.7. The largest absolute Gasteiger partial charge is 0.497 e. The quantitative estimate of drug-likeness (QED) is 0.275. The molecule has 1 saturated heterocycles. The summed E-state index contributed by atoms with van der Waals surface area (Å²) in [6, 6.07) is 13.7. The van der Waals surface area contributed by atoms with Crippen molar-refractivity contribution in [3.63, 3.8) is 0 Å². The molecule has 6 rings (SSSR count). The maximum Gasteiger partial charge on any atom is 0.339 e.